The van der Waals surface area contributed by atoms with Crippen LogP contribution in [0.5, 0.6) is 0 Å². The lowest BCUT2D eigenvalue weighted by molar-refractivity contribution is -0.125. The van der Waals surface area contributed by atoms with E-state index in [-0.39, 0.29) is 24.8 Å². The normalized spacial score (nSPS) is 9.90. The molecule has 0 aromatic heterocycles. The van der Waals surface area contributed by atoms with Gasteiger partial charge in [-0.3, -0.25) is 9.59 Å². The zero-order valence-electron chi connectivity index (χ0n) is 11.7. The summed E-state index contributed by atoms with van der Waals surface area (Å²) in [4.78, 5) is 23.3. The number of hydrogen-bond donors (Lipinski definition) is 2. The second-order valence-electron chi connectivity index (χ2n) is 4.70. The molecule has 2 N–H and O–H groups in total. The fourth-order valence-electron chi connectivity index (χ4n) is 1.88. The molecule has 21 heavy (non-hydrogen) atoms. The third-order valence-corrected chi connectivity index (χ3v) is 2.99. The molecule has 2 aromatic rings. The molecule has 4 heteroatoms. The Balaban J connectivity index is 1.68. The van der Waals surface area contributed by atoms with Crippen LogP contribution in [-0.2, 0) is 22.6 Å². The van der Waals surface area contributed by atoms with Gasteiger partial charge >= 0.3 is 0 Å². The fraction of sp³-hybridized carbons (Fsp3) is 0.176. The molecule has 0 aliphatic rings. The monoisotopic (exact) mass is 282 g/mol. The van der Waals surface area contributed by atoms with Crippen LogP contribution >= 0.6 is 0 Å². The molecule has 2 aromatic carbocycles. The number of amides is 2. The summed E-state index contributed by atoms with van der Waals surface area (Å²) in [5, 5.41) is 5.38. The zero-order chi connectivity index (χ0) is 14.9. The Morgan fingerprint density at radius 1 is 0.714 bits per heavy atom. The molecule has 0 saturated carbocycles. The van der Waals surface area contributed by atoms with Crippen molar-refractivity contribution < 1.29 is 9.59 Å². The molecule has 0 bridgehead atoms. The van der Waals surface area contributed by atoms with Gasteiger partial charge in [-0.15, -0.1) is 0 Å². The maximum absolute atomic E-state index is 11.7. The highest BCUT2D eigenvalue weighted by atomic mass is 16.2. The lowest BCUT2D eigenvalue weighted by atomic mass is 10.1. The van der Waals surface area contributed by atoms with E-state index >= 15 is 0 Å². The van der Waals surface area contributed by atoms with Gasteiger partial charge in [0.15, 0.2) is 0 Å². The average Bonchev–Trinajstić information content (AvgIpc) is 2.53. The Labute approximate surface area is 124 Å². The van der Waals surface area contributed by atoms with Crippen molar-refractivity contribution in [2.24, 2.45) is 0 Å². The molecule has 0 fully saturated rings. The van der Waals surface area contributed by atoms with Crippen molar-refractivity contribution in [3.63, 3.8) is 0 Å². The van der Waals surface area contributed by atoms with E-state index in [1.807, 2.05) is 60.7 Å². The van der Waals surface area contributed by atoms with E-state index in [2.05, 4.69) is 10.6 Å². The van der Waals surface area contributed by atoms with Crippen LogP contribution in [0.4, 0.5) is 0 Å². The number of carbonyl (C=O) groups excluding carboxylic acids is 2. The third-order valence-electron chi connectivity index (χ3n) is 2.99. The van der Waals surface area contributed by atoms with Crippen molar-refractivity contribution in [1.82, 2.24) is 10.6 Å². The van der Waals surface area contributed by atoms with Gasteiger partial charge in [0.05, 0.1) is 13.0 Å². The van der Waals surface area contributed by atoms with E-state index in [0.29, 0.717) is 6.54 Å². The zero-order valence-corrected chi connectivity index (χ0v) is 11.7. The molecule has 0 aliphatic heterocycles. The van der Waals surface area contributed by atoms with Crippen LogP contribution in [0.1, 0.15) is 11.1 Å². The van der Waals surface area contributed by atoms with Gasteiger partial charge in [0.1, 0.15) is 0 Å². The molecular formula is C17H18N2O2. The smallest absolute Gasteiger partial charge is 0.239 e. The van der Waals surface area contributed by atoms with Crippen LogP contribution in [0, 0.1) is 0 Å². The van der Waals surface area contributed by atoms with Crippen molar-refractivity contribution in [2.75, 3.05) is 6.54 Å². The molecular weight excluding hydrogens is 264 g/mol. The molecule has 0 aliphatic carbocycles. The number of nitrogens with one attached hydrogen (secondary N) is 2. The standard InChI is InChI=1S/C17H18N2O2/c20-16(11-14-7-3-1-4-8-14)19-13-17(21)18-12-15-9-5-2-6-10-15/h1-10H,11-13H2,(H,18,21)(H,19,20). The second-order valence-corrected chi connectivity index (χ2v) is 4.70. The summed E-state index contributed by atoms with van der Waals surface area (Å²) in [5.74, 6) is -0.351. The van der Waals surface area contributed by atoms with E-state index in [1.54, 1.807) is 0 Å². The van der Waals surface area contributed by atoms with Gasteiger partial charge in [0.25, 0.3) is 0 Å². The Morgan fingerprint density at radius 2 is 1.29 bits per heavy atom. The number of carbonyl (C=O) groups is 2. The van der Waals surface area contributed by atoms with Crippen molar-refractivity contribution in [1.29, 1.82) is 0 Å². The van der Waals surface area contributed by atoms with Gasteiger partial charge in [-0.25, -0.2) is 0 Å². The molecule has 4 nitrogen and oxygen atoms in total. The molecule has 0 saturated heterocycles. The number of hydrogen-bond acceptors (Lipinski definition) is 2. The molecule has 0 atom stereocenters. The highest BCUT2D eigenvalue weighted by Crippen LogP contribution is 1.99. The summed E-state index contributed by atoms with van der Waals surface area (Å²) in [6.07, 6.45) is 0.285. The first-order valence-electron chi connectivity index (χ1n) is 6.85. The van der Waals surface area contributed by atoms with Crippen LogP contribution in [0.15, 0.2) is 60.7 Å². The molecule has 2 rings (SSSR count). The number of rotatable bonds is 6. The minimum atomic E-state index is -0.194. The van der Waals surface area contributed by atoms with Crippen LogP contribution in [0.25, 0.3) is 0 Å². The van der Waals surface area contributed by atoms with Crippen molar-refractivity contribution >= 4 is 11.8 Å². The fourth-order valence-corrected chi connectivity index (χ4v) is 1.88. The first-order valence-corrected chi connectivity index (χ1v) is 6.85. The second kappa shape index (κ2) is 7.85. The van der Waals surface area contributed by atoms with E-state index in [9.17, 15) is 9.59 Å². The molecule has 0 spiro atoms. The topological polar surface area (TPSA) is 58.2 Å². The minimum Gasteiger partial charge on any atom is -0.350 e. The summed E-state index contributed by atoms with van der Waals surface area (Å²) >= 11 is 0. The van der Waals surface area contributed by atoms with Gasteiger partial charge in [-0.1, -0.05) is 60.7 Å². The quantitative estimate of drug-likeness (QED) is 0.846. The van der Waals surface area contributed by atoms with Crippen molar-refractivity contribution in [3.8, 4) is 0 Å². The summed E-state index contributed by atoms with van der Waals surface area (Å²) < 4.78 is 0. The van der Waals surface area contributed by atoms with Gasteiger partial charge in [0, 0.05) is 6.54 Å². The van der Waals surface area contributed by atoms with Gasteiger partial charge in [-0.2, -0.15) is 0 Å². The van der Waals surface area contributed by atoms with E-state index in [1.165, 1.54) is 0 Å². The Bertz CT molecular complexity index is 582. The maximum atomic E-state index is 11.7. The van der Waals surface area contributed by atoms with Crippen molar-refractivity contribution in [3.05, 3.63) is 71.8 Å². The molecule has 0 radical (unpaired) electrons. The average molecular weight is 282 g/mol. The number of benzene rings is 2. The van der Waals surface area contributed by atoms with Crippen molar-refractivity contribution in [2.45, 2.75) is 13.0 Å². The van der Waals surface area contributed by atoms with Crippen LogP contribution < -0.4 is 10.6 Å². The van der Waals surface area contributed by atoms with Crippen LogP contribution in [0.3, 0.4) is 0 Å². The van der Waals surface area contributed by atoms with Crippen LogP contribution in [0.2, 0.25) is 0 Å². The molecule has 0 unspecified atom stereocenters. The van der Waals surface area contributed by atoms with Gasteiger partial charge in [0.2, 0.25) is 11.8 Å². The van der Waals surface area contributed by atoms with E-state index < -0.39 is 0 Å². The molecule has 2 amide bonds. The lowest BCUT2D eigenvalue weighted by Crippen LogP contribution is -2.37. The highest BCUT2D eigenvalue weighted by Gasteiger charge is 2.06. The van der Waals surface area contributed by atoms with E-state index in [4.69, 9.17) is 0 Å². The Kier molecular flexibility index (Phi) is 5.52. The SMILES string of the molecule is O=C(CNC(=O)Cc1ccccc1)NCc1ccccc1. The minimum absolute atomic E-state index is 0.00149. The first kappa shape index (κ1) is 14.8. The Morgan fingerprint density at radius 3 is 1.90 bits per heavy atom. The summed E-state index contributed by atoms with van der Waals surface area (Å²) in [6.45, 7) is 0.465. The van der Waals surface area contributed by atoms with E-state index in [0.717, 1.165) is 11.1 Å². The largest absolute Gasteiger partial charge is 0.350 e. The van der Waals surface area contributed by atoms with Crippen LogP contribution in [-0.4, -0.2) is 18.4 Å². The third kappa shape index (κ3) is 5.48. The highest BCUT2D eigenvalue weighted by molar-refractivity contribution is 5.85. The summed E-state index contributed by atoms with van der Waals surface area (Å²) in [5.41, 5.74) is 1.96. The summed E-state index contributed by atoms with van der Waals surface area (Å²) in [6, 6.07) is 19.1. The first-order chi connectivity index (χ1) is 10.2. The van der Waals surface area contributed by atoms with Gasteiger partial charge < -0.3 is 10.6 Å². The van der Waals surface area contributed by atoms with Gasteiger partial charge in [-0.05, 0) is 11.1 Å². The lowest BCUT2D eigenvalue weighted by Gasteiger charge is -2.07. The Hall–Kier alpha value is -2.62. The molecule has 0 heterocycles. The predicted octanol–water partition coefficient (Wildman–Crippen LogP) is 1.66. The summed E-state index contributed by atoms with van der Waals surface area (Å²) in [7, 11) is 0. The predicted molar refractivity (Wildman–Crippen MR) is 81.4 cm³/mol. The maximum Gasteiger partial charge on any atom is 0.239 e. The molecule has 108 valence electrons.